The van der Waals surface area contributed by atoms with Crippen molar-refractivity contribution in [2.45, 2.75) is 19.3 Å². The van der Waals surface area contributed by atoms with Gasteiger partial charge in [0, 0.05) is 13.1 Å². The molecule has 1 unspecified atom stereocenters. The summed E-state index contributed by atoms with van der Waals surface area (Å²) in [6.45, 7) is 7.41. The quantitative estimate of drug-likeness (QED) is 0.469. The van der Waals surface area contributed by atoms with Gasteiger partial charge in [0.25, 0.3) is 0 Å². The van der Waals surface area contributed by atoms with Crippen LogP contribution in [0.25, 0.3) is 0 Å². The summed E-state index contributed by atoms with van der Waals surface area (Å²) in [6, 6.07) is 2.14. The maximum atomic E-state index is 13.4. The maximum absolute atomic E-state index is 13.4. The van der Waals surface area contributed by atoms with Crippen LogP contribution in [0.5, 0.6) is 0 Å². The molecule has 0 radical (unpaired) electrons. The van der Waals surface area contributed by atoms with Crippen LogP contribution in [0, 0.1) is 17.5 Å². The van der Waals surface area contributed by atoms with E-state index in [4.69, 9.17) is 5.21 Å². The van der Waals surface area contributed by atoms with E-state index < -0.39 is 17.5 Å². The highest BCUT2D eigenvalue weighted by Gasteiger charge is 2.26. The molecule has 1 aromatic rings. The number of hydrogen-bond acceptors (Lipinski definition) is 3. The van der Waals surface area contributed by atoms with Gasteiger partial charge in [0.05, 0.1) is 5.70 Å². The van der Waals surface area contributed by atoms with Gasteiger partial charge in [-0.1, -0.05) is 18.7 Å². The van der Waals surface area contributed by atoms with Gasteiger partial charge in [-0.05, 0) is 55.2 Å². The van der Waals surface area contributed by atoms with E-state index in [1.54, 1.807) is 0 Å². The predicted molar refractivity (Wildman–Crippen MR) is 87.1 cm³/mol. The summed E-state index contributed by atoms with van der Waals surface area (Å²) in [4.78, 5) is 2.11. The molecule has 0 saturated carbocycles. The van der Waals surface area contributed by atoms with Gasteiger partial charge in [0.15, 0.2) is 17.5 Å². The van der Waals surface area contributed by atoms with Crippen molar-refractivity contribution in [2.75, 3.05) is 19.6 Å². The third-order valence-corrected chi connectivity index (χ3v) is 4.18. The van der Waals surface area contributed by atoms with Crippen molar-refractivity contribution in [3.63, 3.8) is 0 Å². The van der Waals surface area contributed by atoms with Gasteiger partial charge in [-0.15, -0.1) is 0 Å². The zero-order valence-corrected chi connectivity index (χ0v) is 13.5. The minimum atomic E-state index is -1.43. The Morgan fingerprint density at radius 1 is 1.38 bits per heavy atom. The van der Waals surface area contributed by atoms with E-state index in [0.717, 1.165) is 30.7 Å². The second-order valence-electron chi connectivity index (χ2n) is 5.77. The molecule has 1 fully saturated rings. The van der Waals surface area contributed by atoms with Crippen molar-refractivity contribution < 1.29 is 18.4 Å². The molecule has 1 aliphatic rings. The first kappa shape index (κ1) is 18.3. The van der Waals surface area contributed by atoms with Gasteiger partial charge < -0.3 is 0 Å². The summed E-state index contributed by atoms with van der Waals surface area (Å²) in [5, 5.41) is 9.16. The Bertz CT molecular complexity index is 647. The SMILES string of the molecule is C=C/C(NO)=C(\C=C/C)CN1CCC(c2cc(F)c(F)c(F)c2)C1. The van der Waals surface area contributed by atoms with Crippen LogP contribution in [0.2, 0.25) is 0 Å². The fourth-order valence-electron chi connectivity index (χ4n) is 2.98. The average molecular weight is 338 g/mol. The number of nitrogens with zero attached hydrogens (tertiary/aromatic N) is 1. The molecule has 1 aliphatic heterocycles. The fourth-order valence-corrected chi connectivity index (χ4v) is 2.98. The molecule has 3 nitrogen and oxygen atoms in total. The summed E-state index contributed by atoms with van der Waals surface area (Å²) in [7, 11) is 0. The van der Waals surface area contributed by atoms with Gasteiger partial charge in [-0.25, -0.2) is 13.2 Å². The predicted octanol–water partition coefficient (Wildman–Crippen LogP) is 3.89. The number of allylic oxidation sites excluding steroid dienone is 2. The van der Waals surface area contributed by atoms with E-state index in [9.17, 15) is 13.2 Å². The summed E-state index contributed by atoms with van der Waals surface area (Å²) in [5.41, 5.74) is 3.95. The molecule has 24 heavy (non-hydrogen) atoms. The lowest BCUT2D eigenvalue weighted by molar-refractivity contribution is 0.203. The van der Waals surface area contributed by atoms with E-state index in [1.807, 2.05) is 19.1 Å². The second kappa shape index (κ2) is 8.17. The lowest BCUT2D eigenvalue weighted by Gasteiger charge is -2.18. The number of hydrogen-bond donors (Lipinski definition) is 2. The largest absolute Gasteiger partial charge is 0.298 e. The standard InChI is InChI=1S/C18H21F3N2O/c1-3-5-13(17(4-2)22-24)11-23-7-6-12(10-23)14-8-15(19)18(21)16(20)9-14/h3-5,8-9,12,22,24H,2,6-7,10-11H2,1H3/b5-3-,17-13-. The van der Waals surface area contributed by atoms with Crippen LogP contribution < -0.4 is 5.48 Å². The smallest absolute Gasteiger partial charge is 0.194 e. The molecule has 1 heterocycles. The molecule has 0 amide bonds. The molecular weight excluding hydrogens is 317 g/mol. The Hall–Kier alpha value is -2.05. The number of likely N-dealkylation sites (tertiary alicyclic amines) is 1. The minimum Gasteiger partial charge on any atom is -0.298 e. The van der Waals surface area contributed by atoms with Crippen molar-refractivity contribution in [1.82, 2.24) is 10.4 Å². The zero-order chi connectivity index (χ0) is 17.7. The molecular formula is C18H21F3N2O. The normalized spacial score (nSPS) is 19.6. The van der Waals surface area contributed by atoms with Gasteiger partial charge >= 0.3 is 0 Å². The first-order chi connectivity index (χ1) is 11.5. The van der Waals surface area contributed by atoms with Crippen molar-refractivity contribution in [1.29, 1.82) is 0 Å². The number of hydroxylamine groups is 1. The molecule has 1 saturated heterocycles. The number of nitrogens with one attached hydrogen (secondary N) is 1. The van der Waals surface area contributed by atoms with Crippen molar-refractivity contribution in [2.24, 2.45) is 0 Å². The third-order valence-electron chi connectivity index (χ3n) is 4.18. The Morgan fingerprint density at radius 2 is 2.04 bits per heavy atom. The molecule has 2 rings (SSSR count). The van der Waals surface area contributed by atoms with Crippen LogP contribution >= 0.6 is 0 Å². The Balaban J connectivity index is 2.13. The highest BCUT2D eigenvalue weighted by molar-refractivity contribution is 5.32. The summed E-state index contributed by atoms with van der Waals surface area (Å²) >= 11 is 0. The van der Waals surface area contributed by atoms with E-state index >= 15 is 0 Å². The van der Waals surface area contributed by atoms with Crippen molar-refractivity contribution in [3.8, 4) is 0 Å². The molecule has 0 aliphatic carbocycles. The molecule has 0 spiro atoms. The second-order valence-corrected chi connectivity index (χ2v) is 5.77. The Kier molecular flexibility index (Phi) is 6.23. The molecule has 0 bridgehead atoms. The molecule has 1 aromatic carbocycles. The van der Waals surface area contributed by atoms with Gasteiger partial charge in [-0.3, -0.25) is 15.6 Å². The Morgan fingerprint density at radius 3 is 2.58 bits per heavy atom. The molecule has 6 heteroatoms. The highest BCUT2D eigenvalue weighted by Crippen LogP contribution is 2.29. The van der Waals surface area contributed by atoms with Gasteiger partial charge in [-0.2, -0.15) is 0 Å². The van der Waals surface area contributed by atoms with Gasteiger partial charge in [0.2, 0.25) is 0 Å². The van der Waals surface area contributed by atoms with E-state index in [1.165, 1.54) is 6.08 Å². The van der Waals surface area contributed by atoms with E-state index in [2.05, 4.69) is 17.0 Å². The minimum absolute atomic E-state index is 0.0595. The highest BCUT2D eigenvalue weighted by atomic mass is 19.2. The molecule has 2 N–H and O–H groups in total. The monoisotopic (exact) mass is 338 g/mol. The van der Waals surface area contributed by atoms with Crippen LogP contribution in [0.4, 0.5) is 13.2 Å². The maximum Gasteiger partial charge on any atom is 0.194 e. The van der Waals surface area contributed by atoms with Crippen LogP contribution in [0.1, 0.15) is 24.8 Å². The van der Waals surface area contributed by atoms with Crippen molar-refractivity contribution in [3.05, 3.63) is 71.2 Å². The first-order valence-corrected chi connectivity index (χ1v) is 7.75. The summed E-state index contributed by atoms with van der Waals surface area (Å²) in [5.74, 6) is -3.81. The Labute approximate surface area is 139 Å². The number of benzene rings is 1. The summed E-state index contributed by atoms with van der Waals surface area (Å²) < 4.78 is 39.9. The topological polar surface area (TPSA) is 35.5 Å². The fraction of sp³-hybridized carbons (Fsp3) is 0.333. The number of halogens is 3. The third kappa shape index (κ3) is 4.07. The van der Waals surface area contributed by atoms with Crippen molar-refractivity contribution >= 4 is 0 Å². The van der Waals surface area contributed by atoms with E-state index in [0.29, 0.717) is 24.4 Å². The summed E-state index contributed by atoms with van der Waals surface area (Å²) in [6.07, 6.45) is 5.97. The zero-order valence-electron chi connectivity index (χ0n) is 13.5. The molecule has 130 valence electrons. The lowest BCUT2D eigenvalue weighted by Crippen LogP contribution is -2.24. The van der Waals surface area contributed by atoms with Crippen LogP contribution in [-0.2, 0) is 0 Å². The van der Waals surface area contributed by atoms with E-state index in [-0.39, 0.29) is 5.92 Å². The molecule has 1 atom stereocenters. The number of rotatable bonds is 6. The van der Waals surface area contributed by atoms with Gasteiger partial charge in [0.1, 0.15) is 0 Å². The van der Waals surface area contributed by atoms with Crippen LogP contribution in [0.3, 0.4) is 0 Å². The average Bonchev–Trinajstić information content (AvgIpc) is 3.02. The first-order valence-electron chi connectivity index (χ1n) is 7.75. The van der Waals surface area contributed by atoms with Crippen LogP contribution in [-0.4, -0.2) is 29.7 Å². The van der Waals surface area contributed by atoms with Crippen LogP contribution in [0.15, 0.2) is 48.2 Å². The lowest BCUT2D eigenvalue weighted by atomic mass is 9.98. The molecule has 0 aromatic heterocycles.